The van der Waals surface area contributed by atoms with Gasteiger partial charge < -0.3 is 10.4 Å². The van der Waals surface area contributed by atoms with Crippen molar-refractivity contribution in [3.63, 3.8) is 0 Å². The molecule has 0 aromatic rings. The maximum atomic E-state index is 13.1. The molecule has 3 nitrogen and oxygen atoms in total. The van der Waals surface area contributed by atoms with Crippen LogP contribution in [0, 0.1) is 23.7 Å². The largest absolute Gasteiger partial charge is 0.400 e. The van der Waals surface area contributed by atoms with Gasteiger partial charge in [-0.1, -0.05) is 13.3 Å². The molecule has 0 saturated heterocycles. The van der Waals surface area contributed by atoms with Crippen LogP contribution >= 0.6 is 0 Å². The van der Waals surface area contributed by atoms with Gasteiger partial charge in [0.15, 0.2) is 5.92 Å². The molecule has 1 aliphatic rings. The Morgan fingerprint density at radius 2 is 1.54 bits per heavy atom. The molecule has 0 aromatic heterocycles. The first-order chi connectivity index (χ1) is 12.9. The minimum Gasteiger partial charge on any atom is -0.393 e. The van der Waals surface area contributed by atoms with E-state index < -0.39 is 43.1 Å². The molecule has 0 spiro atoms. The standard InChI is InChI=1S/C19H31F6NO2/c1-3-13-5-8-15(9-6-13)17(28)26-11-10-14(7-4-12(2)27)16(18(20,21)22)19(23,24)25/h12-16,27H,3-11H2,1-2H3,(H,26,28). The number of hydrogen-bond donors (Lipinski definition) is 2. The first-order valence-electron chi connectivity index (χ1n) is 9.95. The van der Waals surface area contributed by atoms with E-state index >= 15 is 0 Å². The van der Waals surface area contributed by atoms with E-state index in [-0.39, 0.29) is 24.8 Å². The fraction of sp³-hybridized carbons (Fsp3) is 0.947. The Balaban J connectivity index is 2.67. The number of halogens is 6. The van der Waals surface area contributed by atoms with Crippen molar-refractivity contribution in [1.82, 2.24) is 5.32 Å². The molecule has 166 valence electrons. The Hall–Kier alpha value is -0.990. The van der Waals surface area contributed by atoms with Crippen molar-refractivity contribution in [1.29, 1.82) is 0 Å². The number of aliphatic hydroxyl groups excluding tert-OH is 1. The van der Waals surface area contributed by atoms with Crippen LogP contribution in [0.1, 0.15) is 65.2 Å². The topological polar surface area (TPSA) is 49.3 Å². The summed E-state index contributed by atoms with van der Waals surface area (Å²) in [7, 11) is 0. The van der Waals surface area contributed by atoms with Crippen LogP contribution in [0.2, 0.25) is 0 Å². The zero-order valence-corrected chi connectivity index (χ0v) is 16.4. The Morgan fingerprint density at radius 3 is 1.96 bits per heavy atom. The minimum absolute atomic E-state index is 0.164. The molecule has 0 aromatic carbocycles. The third-order valence-corrected chi connectivity index (χ3v) is 5.74. The lowest BCUT2D eigenvalue weighted by molar-refractivity contribution is -0.300. The van der Waals surface area contributed by atoms with Gasteiger partial charge in [0.2, 0.25) is 5.91 Å². The number of carbonyl (C=O) groups excluding carboxylic acids is 1. The van der Waals surface area contributed by atoms with E-state index in [0.29, 0.717) is 18.8 Å². The monoisotopic (exact) mass is 419 g/mol. The van der Waals surface area contributed by atoms with Crippen LogP contribution in [-0.2, 0) is 4.79 Å². The van der Waals surface area contributed by atoms with Crippen molar-refractivity contribution >= 4 is 5.91 Å². The summed E-state index contributed by atoms with van der Waals surface area (Å²) in [6.07, 6.45) is -8.61. The molecular weight excluding hydrogens is 388 g/mol. The zero-order valence-electron chi connectivity index (χ0n) is 16.4. The Labute approximate surface area is 162 Å². The fourth-order valence-corrected chi connectivity index (χ4v) is 4.01. The molecule has 1 amide bonds. The molecule has 28 heavy (non-hydrogen) atoms. The van der Waals surface area contributed by atoms with Gasteiger partial charge in [0.1, 0.15) is 0 Å². The van der Waals surface area contributed by atoms with Gasteiger partial charge in [0.25, 0.3) is 0 Å². The lowest BCUT2D eigenvalue weighted by atomic mass is 9.80. The average molecular weight is 419 g/mol. The quantitative estimate of drug-likeness (QED) is 0.503. The predicted octanol–water partition coefficient (Wildman–Crippen LogP) is 5.23. The number of nitrogens with one attached hydrogen (secondary N) is 1. The summed E-state index contributed by atoms with van der Waals surface area (Å²) in [5.41, 5.74) is 0. The fourth-order valence-electron chi connectivity index (χ4n) is 4.01. The second-order valence-corrected chi connectivity index (χ2v) is 7.95. The van der Waals surface area contributed by atoms with Crippen LogP contribution in [0.5, 0.6) is 0 Å². The van der Waals surface area contributed by atoms with E-state index in [1.54, 1.807) is 0 Å². The molecule has 0 bridgehead atoms. The normalized spacial score (nSPS) is 23.5. The Bertz CT molecular complexity index is 456. The van der Waals surface area contributed by atoms with Gasteiger partial charge in [-0.15, -0.1) is 0 Å². The summed E-state index contributed by atoms with van der Waals surface area (Å²) in [6, 6.07) is 0. The van der Waals surface area contributed by atoms with Gasteiger partial charge in [0, 0.05) is 12.5 Å². The molecule has 1 saturated carbocycles. The van der Waals surface area contributed by atoms with Crippen molar-refractivity contribution in [2.75, 3.05) is 6.54 Å². The smallest absolute Gasteiger partial charge is 0.393 e. The summed E-state index contributed by atoms with van der Waals surface area (Å²) < 4.78 is 78.4. The predicted molar refractivity (Wildman–Crippen MR) is 93.4 cm³/mol. The molecular formula is C19H31F6NO2. The van der Waals surface area contributed by atoms with Crippen LogP contribution < -0.4 is 5.32 Å². The SMILES string of the molecule is CCC1CCC(C(=O)NCCC(CCC(C)O)C(C(F)(F)F)C(F)(F)F)CC1. The lowest BCUT2D eigenvalue weighted by Crippen LogP contribution is -2.43. The van der Waals surface area contributed by atoms with E-state index in [1.807, 2.05) is 0 Å². The number of hydrogen-bond acceptors (Lipinski definition) is 2. The molecule has 1 aliphatic carbocycles. The molecule has 1 fully saturated rings. The third-order valence-electron chi connectivity index (χ3n) is 5.74. The van der Waals surface area contributed by atoms with Crippen molar-refractivity contribution in [3.8, 4) is 0 Å². The molecule has 0 radical (unpaired) electrons. The van der Waals surface area contributed by atoms with Crippen molar-refractivity contribution in [2.45, 2.75) is 83.7 Å². The van der Waals surface area contributed by atoms with Crippen molar-refractivity contribution in [2.24, 2.45) is 23.7 Å². The van der Waals surface area contributed by atoms with Crippen LogP contribution in [0.15, 0.2) is 0 Å². The van der Waals surface area contributed by atoms with E-state index in [9.17, 15) is 36.2 Å². The molecule has 2 unspecified atom stereocenters. The number of rotatable bonds is 9. The first-order valence-corrected chi connectivity index (χ1v) is 9.95. The molecule has 0 heterocycles. The van der Waals surface area contributed by atoms with Crippen molar-refractivity contribution < 1.29 is 36.2 Å². The first kappa shape index (κ1) is 25.0. The summed E-state index contributed by atoms with van der Waals surface area (Å²) >= 11 is 0. The highest BCUT2D eigenvalue weighted by Crippen LogP contribution is 2.46. The second-order valence-electron chi connectivity index (χ2n) is 7.95. The Morgan fingerprint density at radius 1 is 1.00 bits per heavy atom. The van der Waals surface area contributed by atoms with Crippen LogP contribution in [0.3, 0.4) is 0 Å². The highest BCUT2D eigenvalue weighted by molar-refractivity contribution is 5.78. The van der Waals surface area contributed by atoms with E-state index in [4.69, 9.17) is 0 Å². The van der Waals surface area contributed by atoms with Gasteiger partial charge in [-0.3, -0.25) is 4.79 Å². The zero-order chi connectivity index (χ0) is 21.5. The molecule has 0 aliphatic heterocycles. The maximum Gasteiger partial charge on any atom is 0.400 e. The van der Waals surface area contributed by atoms with Crippen molar-refractivity contribution in [3.05, 3.63) is 0 Å². The van der Waals surface area contributed by atoms with E-state index in [1.165, 1.54) is 6.92 Å². The number of carbonyl (C=O) groups is 1. The van der Waals surface area contributed by atoms with E-state index in [2.05, 4.69) is 12.2 Å². The molecule has 1 rings (SSSR count). The van der Waals surface area contributed by atoms with Gasteiger partial charge in [-0.25, -0.2) is 0 Å². The summed E-state index contributed by atoms with van der Waals surface area (Å²) in [4.78, 5) is 12.2. The van der Waals surface area contributed by atoms with Crippen LogP contribution in [0.25, 0.3) is 0 Å². The number of alkyl halides is 6. The highest BCUT2D eigenvalue weighted by Gasteiger charge is 2.59. The maximum absolute atomic E-state index is 13.1. The van der Waals surface area contributed by atoms with Crippen LogP contribution in [-0.4, -0.2) is 36.0 Å². The van der Waals surface area contributed by atoms with Gasteiger partial charge in [-0.05, 0) is 63.7 Å². The molecule has 9 heteroatoms. The summed E-state index contributed by atoms with van der Waals surface area (Å²) in [5.74, 6) is -5.14. The average Bonchev–Trinajstić information content (AvgIpc) is 2.56. The number of amides is 1. The van der Waals surface area contributed by atoms with E-state index in [0.717, 1.165) is 19.3 Å². The third kappa shape index (κ3) is 8.17. The Kier molecular flexibility index (Phi) is 9.56. The molecule has 2 N–H and O–H groups in total. The summed E-state index contributed by atoms with van der Waals surface area (Å²) in [6.45, 7) is 3.16. The van der Waals surface area contributed by atoms with Gasteiger partial charge in [-0.2, -0.15) is 26.3 Å². The minimum atomic E-state index is -5.43. The van der Waals surface area contributed by atoms with Gasteiger partial charge in [0.05, 0.1) is 6.10 Å². The lowest BCUT2D eigenvalue weighted by Gasteiger charge is -2.31. The summed E-state index contributed by atoms with van der Waals surface area (Å²) in [5, 5.41) is 11.8. The highest BCUT2D eigenvalue weighted by atomic mass is 19.4. The van der Waals surface area contributed by atoms with Gasteiger partial charge >= 0.3 is 12.4 Å². The second kappa shape index (κ2) is 10.7. The number of aliphatic hydroxyl groups is 1. The molecule has 2 atom stereocenters. The van der Waals surface area contributed by atoms with Crippen LogP contribution in [0.4, 0.5) is 26.3 Å².